The summed E-state index contributed by atoms with van der Waals surface area (Å²) >= 11 is 0. The Labute approximate surface area is 103 Å². The van der Waals surface area contributed by atoms with E-state index >= 15 is 0 Å². The van der Waals surface area contributed by atoms with Crippen LogP contribution in [0.4, 0.5) is 0 Å². The minimum atomic E-state index is -0.419. The fraction of sp³-hybridized carbons (Fsp3) is 0.538. The summed E-state index contributed by atoms with van der Waals surface area (Å²) in [5, 5.41) is 6.01. The van der Waals surface area contributed by atoms with E-state index in [-0.39, 0.29) is 11.9 Å². The SMILES string of the molecule is CNC(=O)C(C)(C)CNC(C)c1ccccn1. The molecule has 1 aromatic rings. The van der Waals surface area contributed by atoms with Gasteiger partial charge in [-0.3, -0.25) is 9.78 Å². The molecule has 0 saturated carbocycles. The van der Waals surface area contributed by atoms with Gasteiger partial charge in [-0.05, 0) is 32.9 Å². The van der Waals surface area contributed by atoms with Gasteiger partial charge in [-0.25, -0.2) is 0 Å². The Balaban J connectivity index is 2.54. The first-order valence-corrected chi connectivity index (χ1v) is 5.84. The van der Waals surface area contributed by atoms with Gasteiger partial charge in [0.05, 0.1) is 11.1 Å². The van der Waals surface area contributed by atoms with E-state index in [0.29, 0.717) is 6.54 Å². The molecule has 1 atom stereocenters. The second-order valence-corrected chi connectivity index (χ2v) is 4.82. The molecule has 1 heterocycles. The van der Waals surface area contributed by atoms with Crippen molar-refractivity contribution in [3.8, 4) is 0 Å². The molecule has 0 saturated heterocycles. The highest BCUT2D eigenvalue weighted by Gasteiger charge is 2.26. The average molecular weight is 235 g/mol. The van der Waals surface area contributed by atoms with E-state index in [1.807, 2.05) is 39.0 Å². The van der Waals surface area contributed by atoms with E-state index in [2.05, 4.69) is 15.6 Å². The number of nitrogens with zero attached hydrogens (tertiary/aromatic N) is 1. The van der Waals surface area contributed by atoms with Crippen molar-refractivity contribution >= 4 is 5.91 Å². The molecule has 2 N–H and O–H groups in total. The molecule has 4 nitrogen and oxygen atoms in total. The minimum absolute atomic E-state index is 0.0400. The van der Waals surface area contributed by atoms with Gasteiger partial charge in [0, 0.05) is 25.8 Å². The van der Waals surface area contributed by atoms with Crippen LogP contribution in [-0.2, 0) is 4.79 Å². The van der Waals surface area contributed by atoms with Crippen LogP contribution in [-0.4, -0.2) is 24.5 Å². The first kappa shape index (κ1) is 13.6. The molecule has 1 amide bonds. The standard InChI is InChI=1S/C13H21N3O/c1-10(11-7-5-6-8-15-11)16-9-13(2,3)12(17)14-4/h5-8,10,16H,9H2,1-4H3,(H,14,17). The Hall–Kier alpha value is -1.42. The van der Waals surface area contributed by atoms with E-state index in [9.17, 15) is 4.79 Å². The summed E-state index contributed by atoms with van der Waals surface area (Å²) < 4.78 is 0. The zero-order valence-corrected chi connectivity index (χ0v) is 10.9. The summed E-state index contributed by atoms with van der Waals surface area (Å²) in [6.07, 6.45) is 1.78. The second-order valence-electron chi connectivity index (χ2n) is 4.82. The summed E-state index contributed by atoms with van der Waals surface area (Å²) in [6.45, 7) is 6.50. The number of rotatable bonds is 5. The van der Waals surface area contributed by atoms with Gasteiger partial charge in [-0.2, -0.15) is 0 Å². The number of carbonyl (C=O) groups is 1. The number of nitrogens with one attached hydrogen (secondary N) is 2. The number of carbonyl (C=O) groups excluding carboxylic acids is 1. The van der Waals surface area contributed by atoms with E-state index in [4.69, 9.17) is 0 Å². The van der Waals surface area contributed by atoms with Crippen molar-refractivity contribution in [2.24, 2.45) is 5.41 Å². The van der Waals surface area contributed by atoms with Crippen LogP contribution >= 0.6 is 0 Å². The smallest absolute Gasteiger partial charge is 0.226 e. The molecule has 1 aromatic heterocycles. The molecule has 1 unspecified atom stereocenters. The zero-order valence-electron chi connectivity index (χ0n) is 10.9. The largest absolute Gasteiger partial charge is 0.359 e. The van der Waals surface area contributed by atoms with Gasteiger partial charge < -0.3 is 10.6 Å². The third-order valence-electron chi connectivity index (χ3n) is 2.82. The van der Waals surface area contributed by atoms with Crippen molar-refractivity contribution in [1.29, 1.82) is 0 Å². The Morgan fingerprint density at radius 3 is 2.71 bits per heavy atom. The fourth-order valence-corrected chi connectivity index (χ4v) is 1.56. The van der Waals surface area contributed by atoms with Gasteiger partial charge in [0.1, 0.15) is 0 Å². The maximum atomic E-state index is 11.6. The molecule has 0 bridgehead atoms. The van der Waals surface area contributed by atoms with E-state index in [0.717, 1.165) is 5.69 Å². The summed E-state index contributed by atoms with van der Waals surface area (Å²) in [7, 11) is 1.66. The number of pyridine rings is 1. The van der Waals surface area contributed by atoms with Crippen LogP contribution in [0.3, 0.4) is 0 Å². The quantitative estimate of drug-likeness (QED) is 0.813. The first-order valence-electron chi connectivity index (χ1n) is 5.84. The second kappa shape index (κ2) is 5.77. The van der Waals surface area contributed by atoms with Crippen molar-refractivity contribution in [2.75, 3.05) is 13.6 Å². The normalized spacial score (nSPS) is 13.2. The Bertz CT molecular complexity index is 362. The van der Waals surface area contributed by atoms with Crippen molar-refractivity contribution in [3.63, 3.8) is 0 Å². The van der Waals surface area contributed by atoms with Crippen molar-refractivity contribution in [3.05, 3.63) is 30.1 Å². The molecule has 4 heteroatoms. The Morgan fingerprint density at radius 1 is 1.47 bits per heavy atom. The van der Waals surface area contributed by atoms with Crippen LogP contribution in [0.1, 0.15) is 32.5 Å². The lowest BCUT2D eigenvalue weighted by Gasteiger charge is -2.25. The summed E-state index contributed by atoms with van der Waals surface area (Å²) in [5.74, 6) is 0.0400. The van der Waals surface area contributed by atoms with E-state index in [1.54, 1.807) is 13.2 Å². The molecular weight excluding hydrogens is 214 g/mol. The molecule has 0 aliphatic carbocycles. The highest BCUT2D eigenvalue weighted by molar-refractivity contribution is 5.81. The molecule has 1 rings (SSSR count). The van der Waals surface area contributed by atoms with Crippen molar-refractivity contribution < 1.29 is 4.79 Å². The molecule has 0 aliphatic heterocycles. The summed E-state index contributed by atoms with van der Waals surface area (Å²) in [6, 6.07) is 5.97. The lowest BCUT2D eigenvalue weighted by Crippen LogP contribution is -2.42. The lowest BCUT2D eigenvalue weighted by atomic mass is 9.92. The van der Waals surface area contributed by atoms with Gasteiger partial charge >= 0.3 is 0 Å². The van der Waals surface area contributed by atoms with Crippen LogP contribution in [0, 0.1) is 5.41 Å². The van der Waals surface area contributed by atoms with Crippen LogP contribution in [0.25, 0.3) is 0 Å². The fourth-order valence-electron chi connectivity index (χ4n) is 1.56. The number of hydrogen-bond donors (Lipinski definition) is 2. The monoisotopic (exact) mass is 235 g/mol. The zero-order chi connectivity index (χ0) is 12.9. The van der Waals surface area contributed by atoms with Gasteiger partial charge in [0.2, 0.25) is 5.91 Å². The van der Waals surface area contributed by atoms with Gasteiger partial charge in [-0.1, -0.05) is 6.07 Å². The molecule has 0 radical (unpaired) electrons. The molecule has 0 fully saturated rings. The highest BCUT2D eigenvalue weighted by atomic mass is 16.2. The van der Waals surface area contributed by atoms with Crippen LogP contribution in [0.5, 0.6) is 0 Å². The number of amides is 1. The van der Waals surface area contributed by atoms with E-state index < -0.39 is 5.41 Å². The number of hydrogen-bond acceptors (Lipinski definition) is 3. The highest BCUT2D eigenvalue weighted by Crippen LogP contribution is 2.16. The third-order valence-corrected chi connectivity index (χ3v) is 2.82. The molecule has 0 spiro atoms. The summed E-state index contributed by atoms with van der Waals surface area (Å²) in [4.78, 5) is 15.9. The third kappa shape index (κ3) is 3.82. The predicted molar refractivity (Wildman–Crippen MR) is 68.5 cm³/mol. The van der Waals surface area contributed by atoms with Crippen LogP contribution < -0.4 is 10.6 Å². The first-order chi connectivity index (χ1) is 7.97. The molecular formula is C13H21N3O. The lowest BCUT2D eigenvalue weighted by molar-refractivity contribution is -0.128. The van der Waals surface area contributed by atoms with Crippen LogP contribution in [0.2, 0.25) is 0 Å². The van der Waals surface area contributed by atoms with Gasteiger partial charge in [0.15, 0.2) is 0 Å². The Morgan fingerprint density at radius 2 is 2.18 bits per heavy atom. The Kier molecular flexibility index (Phi) is 4.63. The van der Waals surface area contributed by atoms with Crippen molar-refractivity contribution in [2.45, 2.75) is 26.8 Å². The van der Waals surface area contributed by atoms with Crippen LogP contribution in [0.15, 0.2) is 24.4 Å². The van der Waals surface area contributed by atoms with E-state index in [1.165, 1.54) is 0 Å². The minimum Gasteiger partial charge on any atom is -0.359 e. The summed E-state index contributed by atoms with van der Waals surface area (Å²) in [5.41, 5.74) is 0.567. The maximum absolute atomic E-state index is 11.6. The van der Waals surface area contributed by atoms with Gasteiger partial charge in [-0.15, -0.1) is 0 Å². The molecule has 94 valence electrons. The average Bonchev–Trinajstić information content (AvgIpc) is 2.36. The van der Waals surface area contributed by atoms with Crippen molar-refractivity contribution in [1.82, 2.24) is 15.6 Å². The topological polar surface area (TPSA) is 54.0 Å². The molecule has 17 heavy (non-hydrogen) atoms. The number of aromatic nitrogens is 1. The maximum Gasteiger partial charge on any atom is 0.226 e. The molecule has 0 aliphatic rings. The predicted octanol–water partition coefficient (Wildman–Crippen LogP) is 1.50. The molecule has 0 aromatic carbocycles. The van der Waals surface area contributed by atoms with Gasteiger partial charge in [0.25, 0.3) is 0 Å².